The lowest BCUT2D eigenvalue weighted by Gasteiger charge is -2.12. The Labute approximate surface area is 132 Å². The topological polar surface area (TPSA) is 75.6 Å². The summed E-state index contributed by atoms with van der Waals surface area (Å²) in [5.74, 6) is -0.747. The maximum Gasteiger partial charge on any atom is 0.240 e. The van der Waals surface area contributed by atoms with Crippen LogP contribution in [-0.4, -0.2) is 26.7 Å². The summed E-state index contributed by atoms with van der Waals surface area (Å²) in [5, 5.41) is 11.7. The summed E-state index contributed by atoms with van der Waals surface area (Å²) < 4.78 is 45.2. The number of rotatable bonds is 7. The molecule has 0 aliphatic carbocycles. The smallest absolute Gasteiger partial charge is 0.240 e. The van der Waals surface area contributed by atoms with E-state index in [1.807, 2.05) is 0 Å². The first-order valence-electron chi connectivity index (χ1n) is 6.57. The maximum absolute atomic E-state index is 13.7. The minimum Gasteiger partial charge on any atom is -0.491 e. The van der Waals surface area contributed by atoms with Crippen LogP contribution in [0.25, 0.3) is 0 Å². The number of ether oxygens (including phenoxy) is 1. The fourth-order valence-corrected chi connectivity index (χ4v) is 3.54. The predicted octanol–water partition coefficient (Wildman–Crippen LogP) is 2.30. The number of benzene rings is 1. The highest BCUT2D eigenvalue weighted by Gasteiger charge is 2.19. The number of sulfonamides is 1. The van der Waals surface area contributed by atoms with Gasteiger partial charge in [0.25, 0.3) is 0 Å². The Morgan fingerprint density at radius 3 is 2.77 bits per heavy atom. The summed E-state index contributed by atoms with van der Waals surface area (Å²) in [6.45, 7) is 1.81. The minimum absolute atomic E-state index is 0.0000651. The third-order valence-electron chi connectivity index (χ3n) is 2.85. The largest absolute Gasteiger partial charge is 0.491 e. The molecule has 0 aliphatic heterocycles. The first kappa shape index (κ1) is 16.9. The average molecular weight is 345 g/mol. The van der Waals surface area contributed by atoms with E-state index in [2.05, 4.69) is 4.72 Å². The van der Waals surface area contributed by atoms with Gasteiger partial charge in [-0.05, 0) is 36.6 Å². The molecule has 0 radical (unpaired) electrons. The molecule has 1 aromatic heterocycles. The molecule has 8 heteroatoms. The molecule has 1 aromatic carbocycles. The normalized spacial score (nSPS) is 13.0. The SMILES string of the molecule is CCOc1ccc(S(=O)(=O)NC[C@@H](O)c2cccs2)cc1F. The fourth-order valence-electron chi connectivity index (χ4n) is 1.77. The lowest BCUT2D eigenvalue weighted by atomic mass is 10.3. The zero-order chi connectivity index (χ0) is 16.2. The maximum atomic E-state index is 13.7. The van der Waals surface area contributed by atoms with Crippen molar-refractivity contribution in [1.29, 1.82) is 0 Å². The van der Waals surface area contributed by atoms with E-state index in [1.165, 1.54) is 23.5 Å². The van der Waals surface area contributed by atoms with Crippen molar-refractivity contribution >= 4 is 21.4 Å². The van der Waals surface area contributed by atoms with Crippen molar-refractivity contribution in [2.24, 2.45) is 0 Å². The van der Waals surface area contributed by atoms with Gasteiger partial charge < -0.3 is 9.84 Å². The molecule has 0 unspecified atom stereocenters. The fraction of sp³-hybridized carbons (Fsp3) is 0.286. The molecule has 120 valence electrons. The van der Waals surface area contributed by atoms with Crippen molar-refractivity contribution in [2.45, 2.75) is 17.9 Å². The third kappa shape index (κ3) is 4.04. The Balaban J connectivity index is 2.08. The van der Waals surface area contributed by atoms with Crippen LogP contribution in [0.1, 0.15) is 17.9 Å². The number of thiophene rings is 1. The molecule has 0 fully saturated rings. The van der Waals surface area contributed by atoms with Crippen LogP contribution < -0.4 is 9.46 Å². The van der Waals surface area contributed by atoms with Crippen molar-refractivity contribution < 1.29 is 22.7 Å². The van der Waals surface area contributed by atoms with Crippen LogP contribution in [0.4, 0.5) is 4.39 Å². The predicted molar refractivity (Wildman–Crippen MR) is 82.0 cm³/mol. The molecule has 2 aromatic rings. The zero-order valence-electron chi connectivity index (χ0n) is 11.8. The third-order valence-corrected chi connectivity index (χ3v) is 5.25. The number of hydrogen-bond acceptors (Lipinski definition) is 5. The molecule has 1 heterocycles. The average Bonchev–Trinajstić information content (AvgIpc) is 3.01. The molecule has 0 saturated carbocycles. The number of aliphatic hydroxyl groups excluding tert-OH is 1. The molecule has 1 atom stereocenters. The minimum atomic E-state index is -3.90. The Kier molecular flexibility index (Phi) is 5.52. The number of aliphatic hydroxyl groups is 1. The van der Waals surface area contributed by atoms with Gasteiger partial charge in [-0.3, -0.25) is 0 Å². The van der Waals surface area contributed by atoms with Gasteiger partial charge in [0.1, 0.15) is 6.10 Å². The molecule has 2 N–H and O–H groups in total. The summed E-state index contributed by atoms with van der Waals surface area (Å²) >= 11 is 1.33. The van der Waals surface area contributed by atoms with Crippen molar-refractivity contribution in [3.05, 3.63) is 46.4 Å². The molecular formula is C14H16FNO4S2. The quantitative estimate of drug-likeness (QED) is 0.807. The zero-order valence-corrected chi connectivity index (χ0v) is 13.5. The first-order chi connectivity index (χ1) is 10.4. The second-order valence-corrected chi connectivity index (χ2v) is 7.15. The highest BCUT2D eigenvalue weighted by molar-refractivity contribution is 7.89. The molecule has 0 spiro atoms. The molecule has 0 bridgehead atoms. The van der Waals surface area contributed by atoms with Crippen molar-refractivity contribution in [3.63, 3.8) is 0 Å². The summed E-state index contributed by atoms with van der Waals surface area (Å²) in [5.41, 5.74) is 0. The first-order valence-corrected chi connectivity index (χ1v) is 8.94. The van der Waals surface area contributed by atoms with E-state index in [0.29, 0.717) is 4.88 Å². The van der Waals surface area contributed by atoms with Crippen LogP contribution in [0.5, 0.6) is 5.75 Å². The highest BCUT2D eigenvalue weighted by atomic mass is 32.2. The van der Waals surface area contributed by atoms with E-state index < -0.39 is 21.9 Å². The van der Waals surface area contributed by atoms with Gasteiger partial charge in [-0.15, -0.1) is 11.3 Å². The van der Waals surface area contributed by atoms with Gasteiger partial charge in [0.2, 0.25) is 10.0 Å². The van der Waals surface area contributed by atoms with Crippen molar-refractivity contribution in [3.8, 4) is 5.75 Å². The van der Waals surface area contributed by atoms with E-state index in [1.54, 1.807) is 24.4 Å². The van der Waals surface area contributed by atoms with E-state index in [-0.39, 0.29) is 23.8 Å². The Morgan fingerprint density at radius 2 is 2.18 bits per heavy atom. The molecule has 5 nitrogen and oxygen atoms in total. The van der Waals surface area contributed by atoms with Gasteiger partial charge in [0.15, 0.2) is 11.6 Å². The monoisotopic (exact) mass is 345 g/mol. The Bertz CT molecular complexity index is 716. The van der Waals surface area contributed by atoms with E-state index in [4.69, 9.17) is 4.74 Å². The van der Waals surface area contributed by atoms with E-state index in [9.17, 15) is 17.9 Å². The number of halogens is 1. The molecule has 0 aliphatic rings. The van der Waals surface area contributed by atoms with Crippen LogP contribution in [0.2, 0.25) is 0 Å². The Morgan fingerprint density at radius 1 is 1.41 bits per heavy atom. The molecule has 0 amide bonds. The van der Waals surface area contributed by atoms with Crippen LogP contribution >= 0.6 is 11.3 Å². The van der Waals surface area contributed by atoms with Crippen molar-refractivity contribution in [2.75, 3.05) is 13.2 Å². The van der Waals surface area contributed by atoms with E-state index >= 15 is 0 Å². The summed E-state index contributed by atoms with van der Waals surface area (Å²) in [7, 11) is -3.90. The van der Waals surface area contributed by atoms with Crippen LogP contribution in [0, 0.1) is 5.82 Å². The molecule has 22 heavy (non-hydrogen) atoms. The van der Waals surface area contributed by atoms with Gasteiger partial charge in [-0.25, -0.2) is 17.5 Å². The summed E-state index contributed by atoms with van der Waals surface area (Å²) in [6.07, 6.45) is -0.942. The molecule has 0 saturated heterocycles. The van der Waals surface area contributed by atoms with E-state index in [0.717, 1.165) is 6.07 Å². The second kappa shape index (κ2) is 7.19. The van der Waals surface area contributed by atoms with Crippen molar-refractivity contribution in [1.82, 2.24) is 4.72 Å². The molecule has 2 rings (SSSR count). The number of hydrogen-bond donors (Lipinski definition) is 2. The van der Waals surface area contributed by atoms with Crippen LogP contribution in [0.3, 0.4) is 0 Å². The standard InChI is InChI=1S/C14H16FNO4S2/c1-2-20-13-6-5-10(8-11(13)15)22(18,19)16-9-12(17)14-4-3-7-21-14/h3-8,12,16-17H,2,9H2,1H3/t12-/m1/s1. The van der Waals surface area contributed by atoms with Gasteiger partial charge in [0, 0.05) is 11.4 Å². The highest BCUT2D eigenvalue weighted by Crippen LogP contribution is 2.22. The summed E-state index contributed by atoms with van der Waals surface area (Å²) in [6, 6.07) is 6.89. The number of nitrogens with one attached hydrogen (secondary N) is 1. The van der Waals surface area contributed by atoms with Gasteiger partial charge >= 0.3 is 0 Å². The van der Waals surface area contributed by atoms with Gasteiger partial charge in [-0.2, -0.15) is 0 Å². The summed E-state index contributed by atoms with van der Waals surface area (Å²) in [4.78, 5) is 0.437. The molecular weight excluding hydrogens is 329 g/mol. The van der Waals surface area contributed by atoms with Gasteiger partial charge in [0.05, 0.1) is 11.5 Å². The lowest BCUT2D eigenvalue weighted by molar-refractivity contribution is 0.186. The van der Waals surface area contributed by atoms with Gasteiger partial charge in [-0.1, -0.05) is 6.07 Å². The Hall–Kier alpha value is -1.48. The van der Waals surface area contributed by atoms with Crippen LogP contribution in [0.15, 0.2) is 40.6 Å². The second-order valence-electron chi connectivity index (χ2n) is 4.41. The lowest BCUT2D eigenvalue weighted by Crippen LogP contribution is -2.28. The van der Waals surface area contributed by atoms with Crippen LogP contribution in [-0.2, 0) is 10.0 Å².